The molecule has 1 saturated heterocycles. The highest BCUT2D eigenvalue weighted by Crippen LogP contribution is 2.33. The van der Waals surface area contributed by atoms with Gasteiger partial charge in [-0.3, -0.25) is 4.79 Å². The highest BCUT2D eigenvalue weighted by Gasteiger charge is 2.32. The Hall–Kier alpha value is -2.33. The first-order chi connectivity index (χ1) is 14.9. The van der Waals surface area contributed by atoms with Gasteiger partial charge in [-0.2, -0.15) is 4.31 Å². The third-order valence-electron chi connectivity index (χ3n) is 5.43. The summed E-state index contributed by atoms with van der Waals surface area (Å²) in [6, 6.07) is 12.1. The van der Waals surface area contributed by atoms with Crippen LogP contribution in [0, 0.1) is 0 Å². The molecule has 0 spiro atoms. The van der Waals surface area contributed by atoms with Gasteiger partial charge in [0.2, 0.25) is 10.0 Å². The zero-order valence-electron chi connectivity index (χ0n) is 17.0. The Labute approximate surface area is 186 Å². The second kappa shape index (κ2) is 9.44. The average Bonchev–Trinajstić information content (AvgIpc) is 2.78. The van der Waals surface area contributed by atoms with E-state index in [-0.39, 0.29) is 10.8 Å². The number of nitrogens with one attached hydrogen (secondary N) is 2. The van der Waals surface area contributed by atoms with Crippen LogP contribution >= 0.6 is 11.6 Å². The standard InChI is InChI=1S/C21H24ClN3O5S/c22-18-4-2-1-3-16(18)14-23-21(26)15-24-7-9-25(10-8-24)31(27,28)17-5-6-19-20(13-17)30-12-11-29-19/h1-6,13H,7-12,14-15H2,(H,23,26)/p+1. The van der Waals surface area contributed by atoms with E-state index in [1.54, 1.807) is 18.2 Å². The van der Waals surface area contributed by atoms with E-state index in [0.717, 1.165) is 10.5 Å². The number of carbonyl (C=O) groups excluding carboxylic acids is 1. The van der Waals surface area contributed by atoms with Crippen molar-refractivity contribution < 1.29 is 27.6 Å². The molecule has 10 heteroatoms. The van der Waals surface area contributed by atoms with Gasteiger partial charge in [-0.1, -0.05) is 29.8 Å². The highest BCUT2D eigenvalue weighted by molar-refractivity contribution is 7.89. The molecule has 2 aromatic carbocycles. The number of sulfonamides is 1. The summed E-state index contributed by atoms with van der Waals surface area (Å²) in [6.07, 6.45) is 0. The Morgan fingerprint density at radius 1 is 1.06 bits per heavy atom. The third kappa shape index (κ3) is 5.12. The Morgan fingerprint density at radius 2 is 1.77 bits per heavy atom. The lowest BCUT2D eigenvalue weighted by Gasteiger charge is -2.31. The van der Waals surface area contributed by atoms with Crippen molar-refractivity contribution in [1.82, 2.24) is 9.62 Å². The Morgan fingerprint density at radius 3 is 2.52 bits per heavy atom. The molecule has 2 aromatic rings. The van der Waals surface area contributed by atoms with Crippen molar-refractivity contribution in [2.75, 3.05) is 45.9 Å². The van der Waals surface area contributed by atoms with Gasteiger partial charge >= 0.3 is 0 Å². The van der Waals surface area contributed by atoms with Crippen LogP contribution in [-0.4, -0.2) is 64.6 Å². The number of nitrogens with zero attached hydrogens (tertiary/aromatic N) is 1. The molecule has 166 valence electrons. The SMILES string of the molecule is O=C(C[NH+]1CCN(S(=O)(=O)c2ccc3c(c2)OCCO3)CC1)NCc1ccccc1Cl. The van der Waals surface area contributed by atoms with E-state index in [4.69, 9.17) is 21.1 Å². The Kier molecular flexibility index (Phi) is 6.66. The first kappa shape index (κ1) is 21.9. The summed E-state index contributed by atoms with van der Waals surface area (Å²) in [5, 5.41) is 3.50. The van der Waals surface area contributed by atoms with E-state index in [2.05, 4.69) is 5.32 Å². The molecule has 0 atom stereocenters. The molecule has 2 N–H and O–H groups in total. The molecule has 0 aliphatic carbocycles. The van der Waals surface area contributed by atoms with Crippen LogP contribution < -0.4 is 19.7 Å². The third-order valence-corrected chi connectivity index (χ3v) is 7.69. The zero-order valence-corrected chi connectivity index (χ0v) is 18.5. The van der Waals surface area contributed by atoms with E-state index in [0.29, 0.717) is 69.0 Å². The highest BCUT2D eigenvalue weighted by atomic mass is 35.5. The van der Waals surface area contributed by atoms with Crippen molar-refractivity contribution in [3.05, 3.63) is 53.1 Å². The molecule has 0 bridgehead atoms. The van der Waals surface area contributed by atoms with E-state index >= 15 is 0 Å². The maximum absolute atomic E-state index is 13.0. The average molecular weight is 467 g/mol. The van der Waals surface area contributed by atoms with Crippen LogP contribution in [0.4, 0.5) is 0 Å². The van der Waals surface area contributed by atoms with Crippen LogP contribution in [0.25, 0.3) is 0 Å². The van der Waals surface area contributed by atoms with E-state index in [1.165, 1.54) is 10.4 Å². The minimum Gasteiger partial charge on any atom is -0.486 e. The summed E-state index contributed by atoms with van der Waals surface area (Å²) in [5.74, 6) is 0.923. The van der Waals surface area contributed by atoms with E-state index < -0.39 is 10.0 Å². The molecule has 2 aliphatic heterocycles. The van der Waals surface area contributed by atoms with Crippen molar-refractivity contribution >= 4 is 27.5 Å². The van der Waals surface area contributed by atoms with Gasteiger partial charge in [0, 0.05) is 17.6 Å². The summed E-state index contributed by atoms with van der Waals surface area (Å²) in [6.45, 7) is 3.34. The molecular weight excluding hydrogens is 442 g/mol. The smallest absolute Gasteiger partial charge is 0.275 e. The summed E-state index contributed by atoms with van der Waals surface area (Å²) in [4.78, 5) is 13.5. The van der Waals surface area contributed by atoms with Crippen molar-refractivity contribution in [1.29, 1.82) is 0 Å². The lowest BCUT2D eigenvalue weighted by atomic mass is 10.2. The van der Waals surface area contributed by atoms with Gasteiger partial charge in [-0.25, -0.2) is 8.42 Å². The summed E-state index contributed by atoms with van der Waals surface area (Å²) in [5.41, 5.74) is 0.864. The molecule has 0 radical (unpaired) electrons. The van der Waals surface area contributed by atoms with Gasteiger partial charge in [0.05, 0.1) is 31.1 Å². The number of piperazine rings is 1. The number of hydrogen-bond donors (Lipinski definition) is 2. The summed E-state index contributed by atoms with van der Waals surface area (Å²) in [7, 11) is -3.63. The van der Waals surface area contributed by atoms with Gasteiger partial charge < -0.3 is 19.7 Å². The largest absolute Gasteiger partial charge is 0.486 e. The molecule has 0 saturated carbocycles. The van der Waals surface area contributed by atoms with Crippen LogP contribution in [0.2, 0.25) is 5.02 Å². The second-order valence-corrected chi connectivity index (χ2v) is 9.85. The van der Waals surface area contributed by atoms with E-state index in [1.807, 2.05) is 18.2 Å². The zero-order chi connectivity index (χ0) is 21.8. The Balaban J connectivity index is 1.30. The van der Waals surface area contributed by atoms with Crippen LogP contribution in [0.1, 0.15) is 5.56 Å². The normalized spacial score (nSPS) is 17.3. The summed E-state index contributed by atoms with van der Waals surface area (Å²) >= 11 is 6.11. The fraction of sp³-hybridized carbons (Fsp3) is 0.381. The van der Waals surface area contributed by atoms with Crippen LogP contribution in [-0.2, 0) is 21.4 Å². The molecule has 2 aliphatic rings. The predicted molar refractivity (Wildman–Crippen MR) is 115 cm³/mol. The quantitative estimate of drug-likeness (QED) is 0.640. The first-order valence-corrected chi connectivity index (χ1v) is 12.0. The van der Waals surface area contributed by atoms with Crippen molar-refractivity contribution in [2.45, 2.75) is 11.4 Å². The molecule has 1 amide bonds. The number of halogens is 1. The number of amides is 1. The molecule has 8 nitrogen and oxygen atoms in total. The molecule has 1 fully saturated rings. The second-order valence-electron chi connectivity index (χ2n) is 7.50. The number of benzene rings is 2. The predicted octanol–water partition coefficient (Wildman–Crippen LogP) is 0.317. The van der Waals surface area contributed by atoms with Crippen molar-refractivity contribution in [2.24, 2.45) is 0 Å². The number of carbonyl (C=O) groups is 1. The van der Waals surface area contributed by atoms with Crippen LogP contribution in [0.5, 0.6) is 11.5 Å². The first-order valence-electron chi connectivity index (χ1n) is 10.2. The maximum Gasteiger partial charge on any atom is 0.275 e. The number of quaternary nitrogens is 1. The van der Waals surface area contributed by atoms with E-state index in [9.17, 15) is 13.2 Å². The van der Waals surface area contributed by atoms with Crippen LogP contribution in [0.15, 0.2) is 47.4 Å². The number of hydrogen-bond acceptors (Lipinski definition) is 5. The van der Waals surface area contributed by atoms with Gasteiger partial charge in [0.15, 0.2) is 18.0 Å². The molecule has 0 unspecified atom stereocenters. The minimum absolute atomic E-state index is 0.0851. The molecule has 4 rings (SSSR count). The minimum atomic E-state index is -3.63. The lowest BCUT2D eigenvalue weighted by molar-refractivity contribution is -0.895. The van der Waals surface area contributed by atoms with Crippen molar-refractivity contribution in [3.8, 4) is 11.5 Å². The monoisotopic (exact) mass is 466 g/mol. The number of ether oxygens (including phenoxy) is 2. The number of fused-ring (bicyclic) bond motifs is 1. The Bertz CT molecular complexity index is 1050. The summed E-state index contributed by atoms with van der Waals surface area (Å²) < 4.78 is 38.5. The van der Waals surface area contributed by atoms with Gasteiger partial charge in [-0.05, 0) is 23.8 Å². The van der Waals surface area contributed by atoms with Gasteiger partial charge in [0.25, 0.3) is 5.91 Å². The maximum atomic E-state index is 13.0. The van der Waals surface area contributed by atoms with Gasteiger partial charge in [0.1, 0.15) is 13.2 Å². The molecule has 0 aromatic heterocycles. The molecule has 2 heterocycles. The topological polar surface area (TPSA) is 89.4 Å². The fourth-order valence-electron chi connectivity index (χ4n) is 3.68. The van der Waals surface area contributed by atoms with Crippen LogP contribution in [0.3, 0.4) is 0 Å². The lowest BCUT2D eigenvalue weighted by Crippen LogP contribution is -3.15. The fourth-order valence-corrected chi connectivity index (χ4v) is 5.34. The van der Waals surface area contributed by atoms with Gasteiger partial charge in [-0.15, -0.1) is 0 Å². The molecular formula is C21H25ClN3O5S+. The number of rotatable bonds is 6. The molecule has 31 heavy (non-hydrogen) atoms. The van der Waals surface area contributed by atoms with Crippen molar-refractivity contribution in [3.63, 3.8) is 0 Å².